The van der Waals surface area contributed by atoms with Crippen LogP contribution < -0.4 is 5.32 Å². The van der Waals surface area contributed by atoms with E-state index in [-0.39, 0.29) is 24.1 Å². The molecule has 8 heteroatoms. The van der Waals surface area contributed by atoms with E-state index in [1.165, 1.54) is 16.2 Å². The van der Waals surface area contributed by atoms with E-state index in [0.717, 1.165) is 16.4 Å². The smallest absolute Gasteiger partial charge is 0.276 e. The highest BCUT2D eigenvalue weighted by molar-refractivity contribution is 7.10. The van der Waals surface area contributed by atoms with Gasteiger partial charge in [0.1, 0.15) is 6.04 Å². The van der Waals surface area contributed by atoms with Crippen molar-refractivity contribution in [3.63, 3.8) is 0 Å². The van der Waals surface area contributed by atoms with E-state index in [9.17, 15) is 9.59 Å². The van der Waals surface area contributed by atoms with Crippen molar-refractivity contribution in [3.8, 4) is 0 Å². The fourth-order valence-electron chi connectivity index (χ4n) is 2.16. The average molecular weight is 364 g/mol. The number of rotatable bonds is 6. The molecule has 2 aromatic rings. The van der Waals surface area contributed by atoms with Crippen molar-refractivity contribution in [3.05, 3.63) is 46.1 Å². The highest BCUT2D eigenvalue weighted by atomic mass is 32.1. The van der Waals surface area contributed by atoms with Gasteiger partial charge in [-0.25, -0.2) is 0 Å². The van der Waals surface area contributed by atoms with E-state index in [1.54, 1.807) is 11.5 Å². The molecule has 1 atom stereocenters. The van der Waals surface area contributed by atoms with Crippen LogP contribution in [-0.2, 0) is 4.79 Å². The quantitative estimate of drug-likeness (QED) is 0.800. The summed E-state index contributed by atoms with van der Waals surface area (Å²) < 4.78 is 3.73. The Morgan fingerprint density at radius 1 is 1.46 bits per heavy atom. The number of hydrogen-bond donors (Lipinski definition) is 1. The van der Waals surface area contributed by atoms with E-state index < -0.39 is 11.6 Å². The summed E-state index contributed by atoms with van der Waals surface area (Å²) in [5, 5.41) is 10.2. The minimum atomic E-state index is -0.739. The van der Waals surface area contributed by atoms with Crippen LogP contribution in [0.4, 0.5) is 0 Å². The summed E-state index contributed by atoms with van der Waals surface area (Å²) in [7, 11) is 0. The molecular weight excluding hydrogens is 344 g/mol. The highest BCUT2D eigenvalue weighted by Crippen LogP contribution is 2.27. The Morgan fingerprint density at radius 3 is 2.71 bits per heavy atom. The van der Waals surface area contributed by atoms with Crippen LogP contribution in [0.1, 0.15) is 42.2 Å². The third-order valence-electron chi connectivity index (χ3n) is 3.04. The Balaban J connectivity index is 2.40. The van der Waals surface area contributed by atoms with E-state index in [4.69, 9.17) is 0 Å². The summed E-state index contributed by atoms with van der Waals surface area (Å²) in [5.74, 6) is -0.575. The first kappa shape index (κ1) is 18.3. The first-order chi connectivity index (χ1) is 11.3. The maximum Gasteiger partial charge on any atom is 0.276 e. The predicted molar refractivity (Wildman–Crippen MR) is 96.1 cm³/mol. The zero-order valence-corrected chi connectivity index (χ0v) is 15.5. The van der Waals surface area contributed by atoms with Crippen LogP contribution in [-0.4, -0.2) is 38.4 Å². The lowest BCUT2D eigenvalue weighted by molar-refractivity contribution is -0.127. The van der Waals surface area contributed by atoms with Crippen molar-refractivity contribution < 1.29 is 9.59 Å². The van der Waals surface area contributed by atoms with E-state index in [0.29, 0.717) is 0 Å². The number of nitrogens with zero attached hydrogens (tertiary/aromatic N) is 3. The molecule has 0 aliphatic carbocycles. The van der Waals surface area contributed by atoms with Crippen molar-refractivity contribution in [2.45, 2.75) is 32.4 Å². The van der Waals surface area contributed by atoms with E-state index >= 15 is 0 Å². The van der Waals surface area contributed by atoms with Crippen LogP contribution >= 0.6 is 22.9 Å². The lowest BCUT2D eigenvalue weighted by atomic mass is 10.1. The second kappa shape index (κ2) is 7.67. The van der Waals surface area contributed by atoms with Crippen molar-refractivity contribution in [1.29, 1.82) is 0 Å². The summed E-state index contributed by atoms with van der Waals surface area (Å²) in [4.78, 5) is 27.9. The molecule has 2 heterocycles. The third-order valence-corrected chi connectivity index (χ3v) is 4.47. The molecule has 0 aliphatic heterocycles. The van der Waals surface area contributed by atoms with Crippen LogP contribution in [0.25, 0.3) is 0 Å². The lowest BCUT2D eigenvalue weighted by Crippen LogP contribution is -2.49. The standard InChI is InChI=1S/C16H20N4O2S2/c1-5-8-20(15(22)11-10-24-19-18-11)13(12-7-6-9-23-12)14(21)17-16(2,3)4/h5-7,9-10,13H,1,8H2,2-4H3,(H,17,21)/t13-/m1/s1. The van der Waals surface area contributed by atoms with Crippen molar-refractivity contribution in [2.75, 3.05) is 6.54 Å². The van der Waals surface area contributed by atoms with E-state index in [1.807, 2.05) is 38.3 Å². The van der Waals surface area contributed by atoms with Gasteiger partial charge in [-0.1, -0.05) is 16.6 Å². The minimum absolute atomic E-state index is 0.229. The summed E-state index contributed by atoms with van der Waals surface area (Å²) >= 11 is 2.53. The molecule has 0 saturated heterocycles. The normalized spacial score (nSPS) is 12.5. The molecule has 0 aromatic carbocycles. The second-order valence-electron chi connectivity index (χ2n) is 6.19. The molecule has 0 spiro atoms. The molecule has 0 radical (unpaired) electrons. The number of amides is 2. The van der Waals surface area contributed by atoms with Crippen molar-refractivity contribution in [2.24, 2.45) is 0 Å². The number of thiophene rings is 1. The van der Waals surface area contributed by atoms with E-state index in [2.05, 4.69) is 21.5 Å². The molecule has 0 saturated carbocycles. The van der Waals surface area contributed by atoms with Crippen LogP contribution in [0, 0.1) is 0 Å². The highest BCUT2D eigenvalue weighted by Gasteiger charge is 2.34. The molecule has 0 unspecified atom stereocenters. The largest absolute Gasteiger partial charge is 0.349 e. The monoisotopic (exact) mass is 364 g/mol. The Bertz CT molecular complexity index is 690. The molecule has 24 heavy (non-hydrogen) atoms. The molecule has 0 aliphatic rings. The number of carbonyl (C=O) groups is 2. The summed E-state index contributed by atoms with van der Waals surface area (Å²) in [6.07, 6.45) is 1.60. The molecule has 1 N–H and O–H groups in total. The van der Waals surface area contributed by atoms with Gasteiger partial charge in [-0.3, -0.25) is 9.59 Å². The van der Waals surface area contributed by atoms with Crippen molar-refractivity contribution in [1.82, 2.24) is 19.8 Å². The van der Waals surface area contributed by atoms with Gasteiger partial charge in [-0.05, 0) is 43.8 Å². The Morgan fingerprint density at radius 2 is 2.21 bits per heavy atom. The van der Waals surface area contributed by atoms with Gasteiger partial charge >= 0.3 is 0 Å². The third kappa shape index (κ3) is 4.48. The first-order valence-corrected chi connectivity index (χ1v) is 9.09. The van der Waals surface area contributed by atoms with Gasteiger partial charge in [0.2, 0.25) is 5.91 Å². The maximum absolute atomic E-state index is 12.9. The number of carbonyl (C=O) groups excluding carboxylic acids is 2. The molecule has 128 valence electrons. The maximum atomic E-state index is 12.9. The molecule has 2 amide bonds. The van der Waals surface area contributed by atoms with Gasteiger partial charge in [-0.2, -0.15) is 0 Å². The second-order valence-corrected chi connectivity index (χ2v) is 7.78. The van der Waals surface area contributed by atoms with Crippen LogP contribution in [0.2, 0.25) is 0 Å². The number of aromatic nitrogens is 2. The molecule has 0 bridgehead atoms. The Labute approximate surface area is 149 Å². The lowest BCUT2D eigenvalue weighted by Gasteiger charge is -2.31. The van der Waals surface area contributed by atoms with Crippen LogP contribution in [0.5, 0.6) is 0 Å². The van der Waals surface area contributed by atoms with Crippen molar-refractivity contribution >= 4 is 34.7 Å². The topological polar surface area (TPSA) is 75.2 Å². The molecule has 2 rings (SSSR count). The molecular formula is C16H20N4O2S2. The Hall–Kier alpha value is -2.06. The van der Waals surface area contributed by atoms with Gasteiger partial charge < -0.3 is 10.2 Å². The first-order valence-electron chi connectivity index (χ1n) is 7.38. The summed E-state index contributed by atoms with van der Waals surface area (Å²) in [5.41, 5.74) is -0.176. The molecule has 6 nitrogen and oxygen atoms in total. The zero-order chi connectivity index (χ0) is 17.7. The fourth-order valence-corrected chi connectivity index (χ4v) is 3.42. The van der Waals surface area contributed by atoms with Gasteiger partial charge in [-0.15, -0.1) is 23.0 Å². The average Bonchev–Trinajstić information content (AvgIpc) is 3.17. The van der Waals surface area contributed by atoms with Crippen LogP contribution in [0.15, 0.2) is 35.5 Å². The molecule has 2 aromatic heterocycles. The fraction of sp³-hybridized carbons (Fsp3) is 0.375. The van der Waals surface area contributed by atoms with Gasteiger partial charge in [0, 0.05) is 22.3 Å². The zero-order valence-electron chi connectivity index (χ0n) is 13.9. The Kier molecular flexibility index (Phi) is 5.84. The SMILES string of the molecule is C=CCN(C(=O)c1csnn1)[C@@H](C(=O)NC(C)(C)C)c1cccs1. The molecule has 0 fully saturated rings. The van der Waals surface area contributed by atoms with Gasteiger partial charge in [0.15, 0.2) is 5.69 Å². The summed E-state index contributed by atoms with van der Waals surface area (Å²) in [6, 6.07) is 2.97. The minimum Gasteiger partial charge on any atom is -0.349 e. The summed E-state index contributed by atoms with van der Waals surface area (Å²) in [6.45, 7) is 9.65. The van der Waals surface area contributed by atoms with Crippen LogP contribution in [0.3, 0.4) is 0 Å². The van der Waals surface area contributed by atoms with Gasteiger partial charge in [0.05, 0.1) is 0 Å². The number of nitrogens with one attached hydrogen (secondary N) is 1. The predicted octanol–water partition coefficient (Wildman–Crippen LogP) is 2.88. The number of hydrogen-bond acceptors (Lipinski definition) is 6. The van der Waals surface area contributed by atoms with Gasteiger partial charge in [0.25, 0.3) is 5.91 Å².